The normalized spacial score (nSPS) is 20.5. The predicted molar refractivity (Wildman–Crippen MR) is 66.1 cm³/mol. The molecule has 0 aromatic heterocycles. The number of fused-ring (bicyclic) bond motifs is 1. The van der Waals surface area contributed by atoms with Crippen LogP contribution in [-0.4, -0.2) is 0 Å². The Hall–Kier alpha value is -1.04. The second kappa shape index (κ2) is 3.52. The van der Waals surface area contributed by atoms with Crippen LogP contribution in [0.1, 0.15) is 48.9 Å². The molecule has 0 aliphatic heterocycles. The van der Waals surface area contributed by atoms with Crippen molar-refractivity contribution in [3.63, 3.8) is 0 Å². The number of allylic oxidation sites excluding steroid dienone is 2. The molecule has 0 bridgehead atoms. The topological polar surface area (TPSA) is 0 Å². The standard InChI is InChI=1S/C15H19/c1-9-6-11(3)15-13(5)12(4)10(2)8-14(15)7-9/h6-8,13H,1-5H3. The molecule has 15 heavy (non-hydrogen) atoms. The fourth-order valence-corrected chi connectivity index (χ4v) is 2.63. The highest BCUT2D eigenvalue weighted by Crippen LogP contribution is 2.38. The molecule has 0 N–H and O–H groups in total. The molecule has 0 nitrogen and oxygen atoms in total. The summed E-state index contributed by atoms with van der Waals surface area (Å²) in [4.78, 5) is 0. The molecule has 2 rings (SSSR count). The van der Waals surface area contributed by atoms with Crippen molar-refractivity contribution in [1.29, 1.82) is 0 Å². The van der Waals surface area contributed by atoms with E-state index in [1.165, 1.54) is 33.4 Å². The van der Waals surface area contributed by atoms with Gasteiger partial charge >= 0.3 is 0 Å². The van der Waals surface area contributed by atoms with Crippen molar-refractivity contribution in [2.45, 2.75) is 40.5 Å². The Morgan fingerprint density at radius 2 is 1.67 bits per heavy atom. The van der Waals surface area contributed by atoms with Gasteiger partial charge in [-0.15, -0.1) is 0 Å². The van der Waals surface area contributed by atoms with Crippen LogP contribution in [0.3, 0.4) is 0 Å². The molecule has 1 unspecified atom stereocenters. The Kier molecular flexibility index (Phi) is 2.46. The van der Waals surface area contributed by atoms with Crippen LogP contribution in [0.4, 0.5) is 0 Å². The molecule has 0 fully saturated rings. The van der Waals surface area contributed by atoms with E-state index in [2.05, 4.69) is 53.2 Å². The van der Waals surface area contributed by atoms with Gasteiger partial charge in [0.15, 0.2) is 0 Å². The van der Waals surface area contributed by atoms with Crippen molar-refractivity contribution in [2.24, 2.45) is 0 Å². The lowest BCUT2D eigenvalue weighted by Gasteiger charge is -2.27. The highest BCUT2D eigenvalue weighted by molar-refractivity contribution is 5.54. The third-order valence-corrected chi connectivity index (χ3v) is 3.64. The predicted octanol–water partition coefficient (Wildman–Crippen LogP) is 4.31. The van der Waals surface area contributed by atoms with E-state index in [9.17, 15) is 0 Å². The molecule has 0 heteroatoms. The maximum Gasteiger partial charge on any atom is 0.0158 e. The maximum absolute atomic E-state index is 2.32. The zero-order valence-electron chi connectivity index (χ0n) is 10.3. The molecule has 0 saturated carbocycles. The van der Waals surface area contributed by atoms with E-state index in [1.807, 2.05) is 0 Å². The van der Waals surface area contributed by atoms with Crippen LogP contribution in [0.5, 0.6) is 0 Å². The van der Waals surface area contributed by atoms with Crippen LogP contribution in [0, 0.1) is 20.3 Å². The lowest BCUT2D eigenvalue weighted by molar-refractivity contribution is 0.839. The van der Waals surface area contributed by atoms with E-state index in [1.54, 1.807) is 0 Å². The first kappa shape index (κ1) is 10.5. The largest absolute Gasteiger partial charge is 0.0665 e. The summed E-state index contributed by atoms with van der Waals surface area (Å²) in [7, 11) is 0. The van der Waals surface area contributed by atoms with Crippen molar-refractivity contribution in [3.05, 3.63) is 52.0 Å². The summed E-state index contributed by atoms with van der Waals surface area (Å²) in [6.45, 7) is 11.2. The minimum absolute atomic E-state index is 0.575. The van der Waals surface area contributed by atoms with Crippen molar-refractivity contribution < 1.29 is 0 Å². The number of hydrogen-bond donors (Lipinski definition) is 0. The molecule has 1 aromatic carbocycles. The summed E-state index contributed by atoms with van der Waals surface area (Å²) >= 11 is 0. The average molecular weight is 199 g/mol. The van der Waals surface area contributed by atoms with Crippen LogP contribution >= 0.6 is 0 Å². The van der Waals surface area contributed by atoms with Gasteiger partial charge < -0.3 is 0 Å². The fourth-order valence-electron chi connectivity index (χ4n) is 2.63. The van der Waals surface area contributed by atoms with Crippen molar-refractivity contribution in [2.75, 3.05) is 0 Å². The Morgan fingerprint density at radius 1 is 1.00 bits per heavy atom. The first-order chi connectivity index (χ1) is 7.00. The minimum Gasteiger partial charge on any atom is -0.0665 e. The second-order valence-electron chi connectivity index (χ2n) is 4.82. The minimum atomic E-state index is 0.575. The highest BCUT2D eigenvalue weighted by Gasteiger charge is 2.21. The number of rotatable bonds is 0. The number of hydrogen-bond acceptors (Lipinski definition) is 0. The van der Waals surface area contributed by atoms with Gasteiger partial charge in [0.1, 0.15) is 0 Å². The van der Waals surface area contributed by atoms with Gasteiger partial charge in [0, 0.05) is 12.3 Å². The fraction of sp³-hybridized carbons (Fsp3) is 0.400. The smallest absolute Gasteiger partial charge is 0.0158 e. The molecule has 1 aliphatic rings. The van der Waals surface area contributed by atoms with Gasteiger partial charge in [-0.3, -0.25) is 0 Å². The van der Waals surface area contributed by atoms with E-state index in [0.717, 1.165) is 0 Å². The number of benzene rings is 1. The summed E-state index contributed by atoms with van der Waals surface area (Å²) in [5, 5.41) is 0. The molecular formula is C15H19. The quantitative estimate of drug-likeness (QED) is 0.584. The van der Waals surface area contributed by atoms with Crippen LogP contribution in [0.25, 0.3) is 0 Å². The zero-order valence-corrected chi connectivity index (χ0v) is 10.3. The summed E-state index contributed by atoms with van der Waals surface area (Å²) in [6.07, 6.45) is 2.32. The summed E-state index contributed by atoms with van der Waals surface area (Å²) < 4.78 is 0. The Labute approximate surface area is 93.0 Å². The molecule has 79 valence electrons. The first-order valence-corrected chi connectivity index (χ1v) is 5.64. The summed E-state index contributed by atoms with van der Waals surface area (Å²) in [5.74, 6) is 0.575. The van der Waals surface area contributed by atoms with E-state index in [4.69, 9.17) is 0 Å². The highest BCUT2D eigenvalue weighted by atomic mass is 14.3. The van der Waals surface area contributed by atoms with Crippen LogP contribution in [0.15, 0.2) is 23.3 Å². The lowest BCUT2D eigenvalue weighted by atomic mass is 9.77. The van der Waals surface area contributed by atoms with Gasteiger partial charge in [-0.2, -0.15) is 0 Å². The van der Waals surface area contributed by atoms with Crippen LogP contribution < -0.4 is 0 Å². The molecule has 0 saturated heterocycles. The zero-order chi connectivity index (χ0) is 11.2. The van der Waals surface area contributed by atoms with Crippen molar-refractivity contribution >= 4 is 0 Å². The molecule has 0 spiro atoms. The van der Waals surface area contributed by atoms with Gasteiger partial charge in [-0.25, -0.2) is 0 Å². The summed E-state index contributed by atoms with van der Waals surface area (Å²) in [5.41, 5.74) is 8.67. The summed E-state index contributed by atoms with van der Waals surface area (Å²) in [6, 6.07) is 4.59. The average Bonchev–Trinajstić information content (AvgIpc) is 2.13. The SMILES string of the molecule is CC1=C(C)C(C)c2c(C)cc(C)cc2[CH]1. The first-order valence-electron chi connectivity index (χ1n) is 5.64. The monoisotopic (exact) mass is 199 g/mol. The van der Waals surface area contributed by atoms with Crippen molar-refractivity contribution in [3.8, 4) is 0 Å². The molecule has 1 atom stereocenters. The van der Waals surface area contributed by atoms with E-state index in [0.29, 0.717) is 5.92 Å². The molecule has 1 radical (unpaired) electrons. The molecule has 1 aliphatic carbocycles. The van der Waals surface area contributed by atoms with E-state index >= 15 is 0 Å². The second-order valence-corrected chi connectivity index (χ2v) is 4.82. The van der Waals surface area contributed by atoms with E-state index < -0.39 is 0 Å². The van der Waals surface area contributed by atoms with Gasteiger partial charge in [0.2, 0.25) is 0 Å². The van der Waals surface area contributed by atoms with Gasteiger partial charge in [0.05, 0.1) is 0 Å². The third-order valence-electron chi connectivity index (χ3n) is 3.64. The van der Waals surface area contributed by atoms with Gasteiger partial charge in [-0.1, -0.05) is 35.8 Å². The Balaban J connectivity index is 2.62. The van der Waals surface area contributed by atoms with E-state index in [-0.39, 0.29) is 0 Å². The molecule has 0 heterocycles. The Morgan fingerprint density at radius 3 is 2.33 bits per heavy atom. The number of aryl methyl sites for hydroxylation is 2. The Bertz CT molecular complexity index is 436. The van der Waals surface area contributed by atoms with Crippen LogP contribution in [0.2, 0.25) is 0 Å². The van der Waals surface area contributed by atoms with Gasteiger partial charge in [-0.05, 0) is 44.4 Å². The maximum atomic E-state index is 2.32. The lowest BCUT2D eigenvalue weighted by Crippen LogP contribution is -2.10. The van der Waals surface area contributed by atoms with Crippen molar-refractivity contribution in [1.82, 2.24) is 0 Å². The van der Waals surface area contributed by atoms with Crippen LogP contribution in [-0.2, 0) is 0 Å². The molecule has 1 aromatic rings. The molecular weight excluding hydrogens is 180 g/mol. The van der Waals surface area contributed by atoms with Gasteiger partial charge in [0.25, 0.3) is 0 Å². The third kappa shape index (κ3) is 1.62. The molecule has 0 amide bonds.